The zero-order valence-corrected chi connectivity index (χ0v) is 11.6. The molecule has 0 unspecified atom stereocenters. The highest BCUT2D eigenvalue weighted by Crippen LogP contribution is 2.19. The highest BCUT2D eigenvalue weighted by molar-refractivity contribution is 9.10. The van der Waals surface area contributed by atoms with E-state index in [9.17, 15) is 4.79 Å². The number of benzene rings is 1. The van der Waals surface area contributed by atoms with Crippen LogP contribution in [-0.2, 0) is 11.2 Å². The smallest absolute Gasteiger partial charge is 0.232 e. The van der Waals surface area contributed by atoms with Crippen molar-refractivity contribution in [1.82, 2.24) is 10.1 Å². The van der Waals surface area contributed by atoms with Crippen LogP contribution in [0.15, 0.2) is 27.2 Å². The van der Waals surface area contributed by atoms with E-state index in [1.807, 2.05) is 25.1 Å². The van der Waals surface area contributed by atoms with Gasteiger partial charge in [0.1, 0.15) is 0 Å². The summed E-state index contributed by atoms with van der Waals surface area (Å²) < 4.78 is 5.73. The molecular formula is C12H12BrN3O2. The lowest BCUT2D eigenvalue weighted by molar-refractivity contribution is -0.115. The summed E-state index contributed by atoms with van der Waals surface area (Å²) >= 11 is 3.38. The molecule has 0 aliphatic rings. The zero-order chi connectivity index (χ0) is 13.1. The van der Waals surface area contributed by atoms with E-state index in [0.717, 1.165) is 15.7 Å². The topological polar surface area (TPSA) is 68.0 Å². The van der Waals surface area contributed by atoms with Crippen LogP contribution >= 0.6 is 15.9 Å². The highest BCUT2D eigenvalue weighted by Gasteiger charge is 2.09. The van der Waals surface area contributed by atoms with Crippen molar-refractivity contribution >= 4 is 27.5 Å². The van der Waals surface area contributed by atoms with Gasteiger partial charge in [0.05, 0.1) is 6.42 Å². The average molecular weight is 310 g/mol. The van der Waals surface area contributed by atoms with Crippen molar-refractivity contribution in [2.75, 3.05) is 5.32 Å². The van der Waals surface area contributed by atoms with Crippen molar-refractivity contribution in [2.45, 2.75) is 20.3 Å². The van der Waals surface area contributed by atoms with Crippen LogP contribution in [0.1, 0.15) is 17.3 Å². The first-order valence-electron chi connectivity index (χ1n) is 5.39. The van der Waals surface area contributed by atoms with Crippen molar-refractivity contribution in [3.05, 3.63) is 40.0 Å². The molecule has 94 valence electrons. The Morgan fingerprint density at radius 3 is 2.78 bits per heavy atom. The molecule has 0 aliphatic carbocycles. The molecule has 0 spiro atoms. The van der Waals surface area contributed by atoms with Crippen molar-refractivity contribution in [3.63, 3.8) is 0 Å². The Morgan fingerprint density at radius 2 is 2.17 bits per heavy atom. The van der Waals surface area contributed by atoms with Crippen molar-refractivity contribution < 1.29 is 9.32 Å². The Hall–Kier alpha value is -1.69. The third kappa shape index (κ3) is 3.40. The number of amides is 1. The molecule has 5 nitrogen and oxygen atoms in total. The zero-order valence-electron chi connectivity index (χ0n) is 10.0. The molecule has 0 atom stereocenters. The van der Waals surface area contributed by atoms with Crippen molar-refractivity contribution in [3.8, 4) is 0 Å². The second-order valence-corrected chi connectivity index (χ2v) is 4.89. The number of nitrogens with zero attached hydrogens (tertiary/aromatic N) is 2. The first-order valence-corrected chi connectivity index (χ1v) is 6.18. The molecule has 0 aliphatic heterocycles. The summed E-state index contributed by atoms with van der Waals surface area (Å²) in [7, 11) is 0. The molecule has 1 aromatic carbocycles. The summed E-state index contributed by atoms with van der Waals surface area (Å²) in [6.07, 6.45) is 0.100. The molecule has 0 saturated heterocycles. The quantitative estimate of drug-likeness (QED) is 0.946. The largest absolute Gasteiger partial charge is 0.340 e. The Morgan fingerprint density at radius 1 is 1.39 bits per heavy atom. The first-order chi connectivity index (χ1) is 8.52. The Kier molecular flexibility index (Phi) is 3.76. The number of anilines is 1. The summed E-state index contributed by atoms with van der Waals surface area (Å²) in [5.41, 5.74) is 1.81. The second kappa shape index (κ2) is 5.30. The van der Waals surface area contributed by atoms with E-state index in [4.69, 9.17) is 4.52 Å². The lowest BCUT2D eigenvalue weighted by atomic mass is 10.2. The van der Waals surface area contributed by atoms with Crippen LogP contribution in [-0.4, -0.2) is 16.0 Å². The molecule has 2 rings (SSSR count). The van der Waals surface area contributed by atoms with E-state index in [2.05, 4.69) is 31.4 Å². The minimum atomic E-state index is -0.173. The predicted octanol–water partition coefficient (Wildman–Crippen LogP) is 2.63. The van der Waals surface area contributed by atoms with Crippen LogP contribution < -0.4 is 5.32 Å². The molecule has 0 radical (unpaired) electrons. The summed E-state index contributed by atoms with van der Waals surface area (Å²) in [6.45, 7) is 3.65. The average Bonchev–Trinajstić information content (AvgIpc) is 2.61. The minimum absolute atomic E-state index is 0.100. The predicted molar refractivity (Wildman–Crippen MR) is 70.2 cm³/mol. The van der Waals surface area contributed by atoms with E-state index in [-0.39, 0.29) is 12.3 Å². The number of rotatable bonds is 3. The molecule has 6 heteroatoms. The van der Waals surface area contributed by atoms with E-state index >= 15 is 0 Å². The third-order valence-corrected chi connectivity index (χ3v) is 2.67. The maximum Gasteiger partial charge on any atom is 0.232 e. The van der Waals surface area contributed by atoms with Gasteiger partial charge in [-0.2, -0.15) is 4.98 Å². The van der Waals surface area contributed by atoms with E-state index < -0.39 is 0 Å². The number of carbonyl (C=O) groups excluding carboxylic acids is 1. The highest BCUT2D eigenvalue weighted by atomic mass is 79.9. The fraction of sp³-hybridized carbons (Fsp3) is 0.250. The molecule has 2 aromatic rings. The summed E-state index contributed by atoms with van der Waals surface area (Å²) in [5.74, 6) is 0.668. The monoisotopic (exact) mass is 309 g/mol. The van der Waals surface area contributed by atoms with Gasteiger partial charge in [0.15, 0.2) is 5.82 Å². The maximum atomic E-state index is 11.8. The summed E-state index contributed by atoms with van der Waals surface area (Å²) in [5, 5.41) is 6.47. The van der Waals surface area contributed by atoms with Crippen LogP contribution in [0, 0.1) is 13.8 Å². The molecule has 0 saturated carbocycles. The second-order valence-electron chi connectivity index (χ2n) is 3.97. The van der Waals surface area contributed by atoms with Gasteiger partial charge >= 0.3 is 0 Å². The van der Waals surface area contributed by atoms with Crippen LogP contribution in [0.5, 0.6) is 0 Å². The number of nitrogens with one attached hydrogen (secondary N) is 1. The van der Waals surface area contributed by atoms with Gasteiger partial charge in [0.25, 0.3) is 0 Å². The number of halogens is 1. The van der Waals surface area contributed by atoms with Gasteiger partial charge in [-0.25, -0.2) is 0 Å². The molecule has 1 N–H and O–H groups in total. The van der Waals surface area contributed by atoms with Crippen LogP contribution in [0.4, 0.5) is 5.69 Å². The van der Waals surface area contributed by atoms with Gasteiger partial charge in [0, 0.05) is 17.1 Å². The normalized spacial score (nSPS) is 10.4. The molecule has 1 amide bonds. The number of aryl methyl sites for hydroxylation is 2. The Balaban J connectivity index is 2.02. The van der Waals surface area contributed by atoms with Gasteiger partial charge < -0.3 is 9.84 Å². The number of hydrogen-bond acceptors (Lipinski definition) is 4. The number of carbonyl (C=O) groups is 1. The Bertz CT molecular complexity index is 560. The maximum absolute atomic E-state index is 11.8. The molecule has 0 fully saturated rings. The van der Waals surface area contributed by atoms with Crippen LogP contribution in [0.25, 0.3) is 0 Å². The summed E-state index contributed by atoms with van der Waals surface area (Å²) in [4.78, 5) is 15.7. The van der Waals surface area contributed by atoms with Crippen LogP contribution in [0.3, 0.4) is 0 Å². The molecule has 18 heavy (non-hydrogen) atoms. The van der Waals surface area contributed by atoms with Gasteiger partial charge in [-0.05, 0) is 30.7 Å². The Labute approximate surface area is 113 Å². The van der Waals surface area contributed by atoms with Gasteiger partial charge in [-0.3, -0.25) is 4.79 Å². The van der Waals surface area contributed by atoms with Gasteiger partial charge in [0.2, 0.25) is 11.8 Å². The first kappa shape index (κ1) is 12.8. The minimum Gasteiger partial charge on any atom is -0.340 e. The standard InChI is InChI=1S/C12H12BrN3O2/c1-7-3-9(13)5-10(4-7)15-12(17)6-11-14-8(2)18-16-11/h3-5H,6H2,1-2H3,(H,15,17). The van der Waals surface area contributed by atoms with Gasteiger partial charge in [-0.15, -0.1) is 0 Å². The van der Waals surface area contributed by atoms with E-state index in [1.54, 1.807) is 6.92 Å². The third-order valence-electron chi connectivity index (χ3n) is 2.21. The fourth-order valence-corrected chi connectivity index (χ4v) is 2.18. The lowest BCUT2D eigenvalue weighted by Gasteiger charge is -2.05. The van der Waals surface area contributed by atoms with E-state index in [0.29, 0.717) is 11.7 Å². The molecular weight excluding hydrogens is 298 g/mol. The molecule has 0 bridgehead atoms. The summed E-state index contributed by atoms with van der Waals surface area (Å²) in [6, 6.07) is 5.70. The van der Waals surface area contributed by atoms with Crippen molar-refractivity contribution in [1.29, 1.82) is 0 Å². The SMILES string of the molecule is Cc1cc(Br)cc(NC(=O)Cc2noc(C)n2)c1. The number of hydrogen-bond donors (Lipinski definition) is 1. The number of aromatic nitrogens is 2. The molecule has 1 heterocycles. The fourth-order valence-electron chi connectivity index (χ4n) is 1.57. The van der Waals surface area contributed by atoms with E-state index in [1.165, 1.54) is 0 Å². The lowest BCUT2D eigenvalue weighted by Crippen LogP contribution is -2.15. The van der Waals surface area contributed by atoms with Crippen molar-refractivity contribution in [2.24, 2.45) is 0 Å². The molecule has 1 aromatic heterocycles. The van der Waals surface area contributed by atoms with Gasteiger partial charge in [-0.1, -0.05) is 21.1 Å². The van der Waals surface area contributed by atoms with Crippen LogP contribution in [0.2, 0.25) is 0 Å².